The van der Waals surface area contributed by atoms with Crippen LogP contribution < -0.4 is 5.73 Å². The maximum atomic E-state index is 5.91. The largest absolute Gasteiger partial charge is 0.382 e. The molecular formula is C12H17N5O. The number of nitrogens with zero attached hydrogens (tertiary/aromatic N) is 4. The minimum atomic E-state index is 0.0303. The predicted octanol–water partition coefficient (Wildman–Crippen LogP) is 1.67. The fourth-order valence-electron chi connectivity index (χ4n) is 2.30. The van der Waals surface area contributed by atoms with Gasteiger partial charge >= 0.3 is 0 Å². The van der Waals surface area contributed by atoms with Crippen molar-refractivity contribution in [3.05, 3.63) is 12.2 Å². The van der Waals surface area contributed by atoms with Gasteiger partial charge in [0.15, 0.2) is 11.5 Å². The van der Waals surface area contributed by atoms with Gasteiger partial charge in [0.25, 0.3) is 0 Å². The molecule has 1 fully saturated rings. The van der Waals surface area contributed by atoms with E-state index in [4.69, 9.17) is 10.5 Å². The van der Waals surface area contributed by atoms with Gasteiger partial charge in [0.2, 0.25) is 0 Å². The van der Waals surface area contributed by atoms with Crippen molar-refractivity contribution in [2.75, 3.05) is 12.3 Å². The molecule has 0 radical (unpaired) electrons. The molecule has 18 heavy (non-hydrogen) atoms. The molecule has 6 heteroatoms. The standard InChI is InChI=1S/C12H17N5O/c1-2-8-15-11(13)10-12(16-8)17(7-14-10)9-5-3-4-6-18-9/h7,9H,2-6H2,1H3,(H2,13,15,16). The molecule has 1 aliphatic heterocycles. The lowest BCUT2D eigenvalue weighted by atomic mass is 10.2. The van der Waals surface area contributed by atoms with Crippen LogP contribution in [0.2, 0.25) is 0 Å². The van der Waals surface area contributed by atoms with Crippen LogP contribution in [-0.2, 0) is 11.2 Å². The Morgan fingerprint density at radius 1 is 1.44 bits per heavy atom. The van der Waals surface area contributed by atoms with Gasteiger partial charge in [-0.05, 0) is 19.3 Å². The Morgan fingerprint density at radius 2 is 2.33 bits per heavy atom. The van der Waals surface area contributed by atoms with Crippen LogP contribution in [0.25, 0.3) is 11.2 Å². The maximum Gasteiger partial charge on any atom is 0.167 e. The van der Waals surface area contributed by atoms with Crippen LogP contribution in [-0.4, -0.2) is 26.1 Å². The van der Waals surface area contributed by atoms with Gasteiger partial charge in [-0.15, -0.1) is 0 Å². The maximum absolute atomic E-state index is 5.91. The van der Waals surface area contributed by atoms with Crippen molar-refractivity contribution in [2.24, 2.45) is 0 Å². The molecule has 1 aliphatic rings. The van der Waals surface area contributed by atoms with Crippen LogP contribution in [0.15, 0.2) is 6.33 Å². The van der Waals surface area contributed by atoms with Gasteiger partial charge < -0.3 is 10.5 Å². The molecule has 2 aromatic rings. The molecule has 1 atom stereocenters. The summed E-state index contributed by atoms with van der Waals surface area (Å²) in [6.07, 6.45) is 5.84. The third-order valence-corrected chi connectivity index (χ3v) is 3.28. The Bertz CT molecular complexity index is 559. The zero-order chi connectivity index (χ0) is 12.5. The van der Waals surface area contributed by atoms with Crippen LogP contribution in [0.5, 0.6) is 0 Å². The minimum Gasteiger partial charge on any atom is -0.382 e. The second kappa shape index (κ2) is 4.53. The van der Waals surface area contributed by atoms with E-state index in [2.05, 4.69) is 15.0 Å². The van der Waals surface area contributed by atoms with E-state index in [1.807, 2.05) is 11.5 Å². The summed E-state index contributed by atoms with van der Waals surface area (Å²) in [5.41, 5.74) is 7.36. The molecular weight excluding hydrogens is 230 g/mol. The quantitative estimate of drug-likeness (QED) is 0.873. The van der Waals surface area contributed by atoms with E-state index in [9.17, 15) is 0 Å². The molecule has 3 rings (SSSR count). The van der Waals surface area contributed by atoms with Gasteiger partial charge in [0, 0.05) is 13.0 Å². The average molecular weight is 247 g/mol. The van der Waals surface area contributed by atoms with Crippen molar-refractivity contribution in [1.82, 2.24) is 19.5 Å². The number of hydrogen-bond donors (Lipinski definition) is 1. The van der Waals surface area contributed by atoms with E-state index in [0.717, 1.165) is 37.3 Å². The first-order valence-electron chi connectivity index (χ1n) is 6.40. The molecule has 2 aromatic heterocycles. The van der Waals surface area contributed by atoms with Crippen LogP contribution in [0, 0.1) is 0 Å². The summed E-state index contributed by atoms with van der Waals surface area (Å²) in [5, 5.41) is 0. The number of rotatable bonds is 2. The van der Waals surface area contributed by atoms with Gasteiger partial charge in [-0.3, -0.25) is 4.57 Å². The number of anilines is 1. The van der Waals surface area contributed by atoms with Gasteiger partial charge in [-0.25, -0.2) is 15.0 Å². The molecule has 0 aromatic carbocycles. The second-order valence-electron chi connectivity index (χ2n) is 4.52. The molecule has 0 amide bonds. The Morgan fingerprint density at radius 3 is 3.06 bits per heavy atom. The number of aryl methyl sites for hydroxylation is 1. The monoisotopic (exact) mass is 247 g/mol. The second-order valence-corrected chi connectivity index (χ2v) is 4.52. The van der Waals surface area contributed by atoms with Gasteiger partial charge in [0.05, 0.1) is 6.33 Å². The van der Waals surface area contributed by atoms with Gasteiger partial charge in [-0.1, -0.05) is 6.92 Å². The highest BCUT2D eigenvalue weighted by Crippen LogP contribution is 2.26. The van der Waals surface area contributed by atoms with Crippen LogP contribution >= 0.6 is 0 Å². The first-order chi connectivity index (χ1) is 8.79. The lowest BCUT2D eigenvalue weighted by Gasteiger charge is -2.23. The molecule has 6 nitrogen and oxygen atoms in total. The lowest BCUT2D eigenvalue weighted by molar-refractivity contribution is -0.0298. The Balaban J connectivity index is 2.09. The summed E-state index contributed by atoms with van der Waals surface area (Å²) in [4.78, 5) is 13.0. The molecule has 3 heterocycles. The first kappa shape index (κ1) is 11.4. The van der Waals surface area contributed by atoms with Gasteiger partial charge in [-0.2, -0.15) is 0 Å². The molecule has 0 bridgehead atoms. The zero-order valence-corrected chi connectivity index (χ0v) is 10.5. The van der Waals surface area contributed by atoms with E-state index in [-0.39, 0.29) is 6.23 Å². The van der Waals surface area contributed by atoms with E-state index in [0.29, 0.717) is 11.3 Å². The van der Waals surface area contributed by atoms with E-state index >= 15 is 0 Å². The smallest absolute Gasteiger partial charge is 0.167 e. The Kier molecular flexibility index (Phi) is 2.87. The summed E-state index contributed by atoms with van der Waals surface area (Å²) >= 11 is 0. The summed E-state index contributed by atoms with van der Waals surface area (Å²) in [6, 6.07) is 0. The minimum absolute atomic E-state index is 0.0303. The highest BCUT2D eigenvalue weighted by molar-refractivity contribution is 5.81. The number of ether oxygens (including phenoxy) is 1. The van der Waals surface area contributed by atoms with Crippen molar-refractivity contribution in [1.29, 1.82) is 0 Å². The van der Waals surface area contributed by atoms with Crippen LogP contribution in [0.1, 0.15) is 38.2 Å². The number of fused-ring (bicyclic) bond motifs is 1. The van der Waals surface area contributed by atoms with E-state index in [1.54, 1.807) is 6.33 Å². The number of hydrogen-bond acceptors (Lipinski definition) is 5. The third-order valence-electron chi connectivity index (χ3n) is 3.28. The molecule has 2 N–H and O–H groups in total. The number of aromatic nitrogens is 4. The summed E-state index contributed by atoms with van der Waals surface area (Å²) in [6.45, 7) is 2.81. The fourth-order valence-corrected chi connectivity index (χ4v) is 2.30. The topological polar surface area (TPSA) is 78.8 Å². The molecule has 0 spiro atoms. The number of nitrogens with two attached hydrogens (primary N) is 1. The Hall–Kier alpha value is -1.69. The SMILES string of the molecule is CCc1nc(N)c2ncn(C3CCCCO3)c2n1. The van der Waals surface area contributed by atoms with E-state index < -0.39 is 0 Å². The highest BCUT2D eigenvalue weighted by atomic mass is 16.5. The molecule has 1 unspecified atom stereocenters. The number of nitrogen functional groups attached to an aromatic ring is 1. The Labute approximate surface area is 105 Å². The normalized spacial score (nSPS) is 20.4. The van der Waals surface area contributed by atoms with Crippen LogP contribution in [0.3, 0.4) is 0 Å². The molecule has 0 saturated carbocycles. The average Bonchev–Trinajstić information content (AvgIpc) is 2.84. The van der Waals surface area contributed by atoms with Crippen molar-refractivity contribution in [3.8, 4) is 0 Å². The zero-order valence-electron chi connectivity index (χ0n) is 10.5. The lowest BCUT2D eigenvalue weighted by Crippen LogP contribution is -2.18. The number of imidazole rings is 1. The van der Waals surface area contributed by atoms with Crippen molar-refractivity contribution >= 4 is 17.0 Å². The fraction of sp³-hybridized carbons (Fsp3) is 0.583. The van der Waals surface area contributed by atoms with Crippen LogP contribution in [0.4, 0.5) is 5.82 Å². The molecule has 96 valence electrons. The van der Waals surface area contributed by atoms with Crippen molar-refractivity contribution < 1.29 is 4.74 Å². The first-order valence-corrected chi connectivity index (χ1v) is 6.40. The molecule has 1 saturated heterocycles. The summed E-state index contributed by atoms with van der Waals surface area (Å²) in [7, 11) is 0. The summed E-state index contributed by atoms with van der Waals surface area (Å²) in [5.74, 6) is 1.20. The predicted molar refractivity (Wildman–Crippen MR) is 68.0 cm³/mol. The van der Waals surface area contributed by atoms with Gasteiger partial charge in [0.1, 0.15) is 17.6 Å². The van der Waals surface area contributed by atoms with Crippen molar-refractivity contribution in [3.63, 3.8) is 0 Å². The summed E-state index contributed by atoms with van der Waals surface area (Å²) < 4.78 is 7.74. The van der Waals surface area contributed by atoms with E-state index in [1.165, 1.54) is 6.42 Å². The highest BCUT2D eigenvalue weighted by Gasteiger charge is 2.20. The molecule has 0 aliphatic carbocycles. The van der Waals surface area contributed by atoms with Crippen molar-refractivity contribution in [2.45, 2.75) is 38.8 Å². The third kappa shape index (κ3) is 1.82.